The van der Waals surface area contributed by atoms with Crippen LogP contribution in [-0.4, -0.2) is 104 Å². The molecule has 0 aliphatic carbocycles. The zero-order valence-corrected chi connectivity index (χ0v) is 29.2. The molecule has 2 saturated heterocycles. The predicted octanol–water partition coefficient (Wildman–Crippen LogP) is 6.52. The molecule has 2 atom stereocenters. The number of amides is 2. The summed E-state index contributed by atoms with van der Waals surface area (Å²) in [4.78, 5) is 32.9. The van der Waals surface area contributed by atoms with E-state index >= 15 is 0 Å². The Morgan fingerprint density at radius 1 is 0.700 bits per heavy atom. The van der Waals surface area contributed by atoms with Gasteiger partial charge in [0.1, 0.15) is 0 Å². The quantitative estimate of drug-likeness (QED) is 0.111. The van der Waals surface area contributed by atoms with Crippen LogP contribution in [-0.2, 0) is 9.59 Å². The average molecular weight is 631 g/mol. The molecule has 10 heteroatoms. The minimum atomic E-state index is 0.113. The molecule has 0 N–H and O–H groups in total. The molecule has 0 aromatic heterocycles. The molecule has 2 aliphatic rings. The van der Waals surface area contributed by atoms with Gasteiger partial charge in [-0.2, -0.15) is 23.5 Å². The Morgan fingerprint density at radius 2 is 1.15 bits per heavy atom. The second kappa shape index (κ2) is 17.5. The summed E-state index contributed by atoms with van der Waals surface area (Å²) >= 11 is 15.3. The summed E-state index contributed by atoms with van der Waals surface area (Å²) in [5, 5.41) is 1.43. The topological polar surface area (TPSA) is 47.1 Å². The SMILES string of the molecule is CCN1CCC(=O)N(CC(C)(CC)CCCSCCCSCCCC(C)(CC)CN2C(=O)CN(CC)C2=S)C1=S. The summed E-state index contributed by atoms with van der Waals surface area (Å²) in [6, 6.07) is 0. The Balaban J connectivity index is 1.57. The van der Waals surface area contributed by atoms with Crippen LogP contribution in [0.1, 0.15) is 92.9 Å². The highest BCUT2D eigenvalue weighted by atomic mass is 32.2. The summed E-state index contributed by atoms with van der Waals surface area (Å²) < 4.78 is 0. The number of hydrogen-bond acceptors (Lipinski definition) is 6. The lowest BCUT2D eigenvalue weighted by molar-refractivity contribution is -0.130. The lowest BCUT2D eigenvalue weighted by atomic mass is 9.82. The van der Waals surface area contributed by atoms with Gasteiger partial charge in [0.15, 0.2) is 10.2 Å². The Bertz CT molecular complexity index is 860. The van der Waals surface area contributed by atoms with Crippen LogP contribution >= 0.6 is 48.0 Å². The third-order valence-electron chi connectivity index (χ3n) is 8.79. The molecular formula is C30H54N4O2S4. The van der Waals surface area contributed by atoms with Gasteiger partial charge in [0, 0.05) is 39.1 Å². The van der Waals surface area contributed by atoms with E-state index in [9.17, 15) is 9.59 Å². The van der Waals surface area contributed by atoms with Crippen molar-refractivity contribution in [2.45, 2.75) is 92.9 Å². The van der Waals surface area contributed by atoms with Crippen LogP contribution in [0.15, 0.2) is 0 Å². The van der Waals surface area contributed by atoms with Crippen molar-refractivity contribution in [2.75, 3.05) is 62.3 Å². The number of carbonyl (C=O) groups excluding carboxylic acids is 2. The van der Waals surface area contributed by atoms with Gasteiger partial charge >= 0.3 is 0 Å². The van der Waals surface area contributed by atoms with E-state index < -0.39 is 0 Å². The van der Waals surface area contributed by atoms with Crippen molar-refractivity contribution in [1.82, 2.24) is 19.6 Å². The normalized spacial score (nSPS) is 19.6. The molecule has 2 amide bonds. The van der Waals surface area contributed by atoms with Crippen molar-refractivity contribution in [2.24, 2.45) is 10.8 Å². The third-order valence-corrected chi connectivity index (χ3v) is 12.1. The van der Waals surface area contributed by atoms with E-state index in [-0.39, 0.29) is 22.6 Å². The Morgan fingerprint density at radius 3 is 1.60 bits per heavy atom. The summed E-state index contributed by atoms with van der Waals surface area (Å²) in [5.41, 5.74) is 0.233. The molecule has 0 aromatic carbocycles. The van der Waals surface area contributed by atoms with Gasteiger partial charge in [-0.25, -0.2) is 0 Å². The maximum absolute atomic E-state index is 12.6. The average Bonchev–Trinajstić information content (AvgIpc) is 3.21. The highest BCUT2D eigenvalue weighted by Crippen LogP contribution is 2.32. The number of carbonyl (C=O) groups is 2. The number of thioether (sulfide) groups is 2. The second-order valence-corrected chi connectivity index (χ2v) is 15.2. The molecule has 230 valence electrons. The van der Waals surface area contributed by atoms with Gasteiger partial charge < -0.3 is 9.80 Å². The number of hydrogen-bond donors (Lipinski definition) is 0. The zero-order valence-electron chi connectivity index (χ0n) is 26.0. The maximum atomic E-state index is 12.6. The molecule has 0 aromatic rings. The van der Waals surface area contributed by atoms with Gasteiger partial charge in [-0.3, -0.25) is 19.4 Å². The highest BCUT2D eigenvalue weighted by Gasteiger charge is 2.37. The molecule has 6 nitrogen and oxygen atoms in total. The van der Waals surface area contributed by atoms with Crippen molar-refractivity contribution >= 4 is 70.0 Å². The van der Waals surface area contributed by atoms with Crippen LogP contribution in [0.25, 0.3) is 0 Å². The van der Waals surface area contributed by atoms with Gasteiger partial charge in [0.2, 0.25) is 11.8 Å². The predicted molar refractivity (Wildman–Crippen MR) is 182 cm³/mol. The fourth-order valence-corrected chi connectivity index (χ4v) is 8.08. The molecule has 40 heavy (non-hydrogen) atoms. The smallest absolute Gasteiger partial charge is 0.248 e. The summed E-state index contributed by atoms with van der Waals surface area (Å²) in [5.74, 6) is 5.13. The first-order valence-corrected chi connectivity index (χ1v) is 18.5. The van der Waals surface area contributed by atoms with Gasteiger partial charge in [0.05, 0.1) is 6.54 Å². The highest BCUT2D eigenvalue weighted by molar-refractivity contribution is 8.00. The molecule has 0 spiro atoms. The van der Waals surface area contributed by atoms with Crippen LogP contribution in [0, 0.1) is 10.8 Å². The first-order chi connectivity index (χ1) is 19.0. The third kappa shape index (κ3) is 10.6. The van der Waals surface area contributed by atoms with Crippen molar-refractivity contribution in [3.8, 4) is 0 Å². The monoisotopic (exact) mass is 630 g/mol. The van der Waals surface area contributed by atoms with E-state index in [1.165, 1.54) is 42.3 Å². The summed E-state index contributed by atoms with van der Waals surface area (Å²) in [7, 11) is 0. The Hall–Kier alpha value is -0.580. The van der Waals surface area contributed by atoms with E-state index in [4.69, 9.17) is 24.4 Å². The number of thiocarbonyl (C=S) groups is 2. The molecule has 2 heterocycles. The lowest BCUT2D eigenvalue weighted by Crippen LogP contribution is -2.54. The fraction of sp³-hybridized carbons (Fsp3) is 0.867. The maximum Gasteiger partial charge on any atom is 0.248 e. The zero-order chi connectivity index (χ0) is 29.8. The number of rotatable bonds is 20. The minimum Gasteiger partial charge on any atom is -0.349 e. The van der Waals surface area contributed by atoms with Crippen molar-refractivity contribution in [3.63, 3.8) is 0 Å². The minimum absolute atomic E-state index is 0.113. The molecule has 2 fully saturated rings. The van der Waals surface area contributed by atoms with Crippen molar-refractivity contribution in [1.29, 1.82) is 0 Å². The molecule has 0 radical (unpaired) electrons. The Kier molecular flexibility index (Phi) is 15.6. The largest absolute Gasteiger partial charge is 0.349 e. The van der Waals surface area contributed by atoms with E-state index in [2.05, 4.69) is 70.0 Å². The molecule has 2 rings (SSSR count). The molecular weight excluding hydrogens is 577 g/mol. The van der Waals surface area contributed by atoms with Gasteiger partial charge in [-0.15, -0.1) is 0 Å². The fourth-order valence-electron chi connectivity index (χ4n) is 5.35. The van der Waals surface area contributed by atoms with Crippen LogP contribution in [0.4, 0.5) is 0 Å². The Labute approximate surface area is 264 Å². The van der Waals surface area contributed by atoms with Gasteiger partial charge in [-0.05, 0) is 117 Å². The van der Waals surface area contributed by atoms with Crippen LogP contribution in [0.2, 0.25) is 0 Å². The molecule has 0 saturated carbocycles. The molecule has 2 aliphatic heterocycles. The first-order valence-electron chi connectivity index (χ1n) is 15.4. The van der Waals surface area contributed by atoms with E-state index in [1.807, 2.05) is 14.7 Å². The van der Waals surface area contributed by atoms with Gasteiger partial charge in [-0.1, -0.05) is 27.7 Å². The van der Waals surface area contributed by atoms with E-state index in [0.29, 0.717) is 18.1 Å². The van der Waals surface area contributed by atoms with Gasteiger partial charge in [0.25, 0.3) is 0 Å². The summed E-state index contributed by atoms with van der Waals surface area (Å²) in [6.07, 6.45) is 8.56. The van der Waals surface area contributed by atoms with E-state index in [1.54, 1.807) is 0 Å². The molecule has 0 bridgehead atoms. The van der Waals surface area contributed by atoms with Crippen LogP contribution in [0.5, 0.6) is 0 Å². The van der Waals surface area contributed by atoms with Crippen LogP contribution in [0.3, 0.4) is 0 Å². The van der Waals surface area contributed by atoms with E-state index in [0.717, 1.165) is 63.5 Å². The number of nitrogens with zero attached hydrogens (tertiary/aromatic N) is 4. The number of likely N-dealkylation sites (N-methyl/N-ethyl adjacent to an activating group) is 1. The van der Waals surface area contributed by atoms with Crippen LogP contribution < -0.4 is 0 Å². The standard InChI is InChI=1S/C30H54N4O2S4/c1-7-29(5,23-33-25(35)14-17-31(9-3)27(33)37)15-11-18-39-20-13-21-40-19-12-16-30(6,8-2)24-34-26(36)22-32(10-4)28(34)38/h7-24H2,1-6H3. The lowest BCUT2D eigenvalue weighted by Gasteiger charge is -2.41. The van der Waals surface area contributed by atoms with Crippen molar-refractivity contribution < 1.29 is 9.59 Å². The first kappa shape index (κ1) is 35.6. The van der Waals surface area contributed by atoms with Crippen molar-refractivity contribution in [3.05, 3.63) is 0 Å². The molecule has 2 unspecified atom stereocenters. The summed E-state index contributed by atoms with van der Waals surface area (Å²) in [6.45, 7) is 17.6. The second-order valence-electron chi connectivity index (χ2n) is 12.0.